The Morgan fingerprint density at radius 1 is 1.18 bits per heavy atom. The van der Waals surface area contributed by atoms with Crippen LogP contribution in [-0.2, 0) is 0 Å². The summed E-state index contributed by atoms with van der Waals surface area (Å²) in [6.45, 7) is 4.00. The molecule has 0 unspecified atom stereocenters. The molecule has 1 aromatic rings. The molecule has 1 saturated carbocycles. The molecule has 0 atom stereocenters. The van der Waals surface area contributed by atoms with Gasteiger partial charge in [0.1, 0.15) is 5.69 Å². The van der Waals surface area contributed by atoms with Gasteiger partial charge in [0.2, 0.25) is 0 Å². The van der Waals surface area contributed by atoms with Crippen molar-refractivity contribution >= 4 is 5.78 Å². The van der Waals surface area contributed by atoms with E-state index in [9.17, 15) is 4.79 Å². The summed E-state index contributed by atoms with van der Waals surface area (Å²) in [6.07, 6.45) is 8.86. The lowest BCUT2D eigenvalue weighted by molar-refractivity contribution is 0.0902. The first-order valence-corrected chi connectivity index (χ1v) is 6.66. The monoisotopic (exact) mass is 231 g/mol. The second kappa shape index (κ2) is 5.44. The Bertz CT molecular complexity index is 403. The van der Waals surface area contributed by atoms with Gasteiger partial charge in [-0.3, -0.25) is 9.78 Å². The van der Waals surface area contributed by atoms with Crippen LogP contribution in [-0.4, -0.2) is 10.8 Å². The van der Waals surface area contributed by atoms with Gasteiger partial charge in [-0.2, -0.15) is 0 Å². The molecule has 0 radical (unpaired) electrons. The molecule has 17 heavy (non-hydrogen) atoms. The maximum Gasteiger partial charge on any atom is 0.184 e. The van der Waals surface area contributed by atoms with Gasteiger partial charge in [-0.05, 0) is 37.8 Å². The summed E-state index contributed by atoms with van der Waals surface area (Å²) in [5, 5.41) is 0. The van der Waals surface area contributed by atoms with Gasteiger partial charge >= 0.3 is 0 Å². The summed E-state index contributed by atoms with van der Waals surface area (Å²) in [4.78, 5) is 16.8. The molecule has 0 spiro atoms. The van der Waals surface area contributed by atoms with Crippen LogP contribution in [0.15, 0.2) is 12.3 Å². The second-order valence-electron chi connectivity index (χ2n) is 5.23. The summed E-state index contributed by atoms with van der Waals surface area (Å²) in [5.41, 5.74) is 2.85. The molecule has 92 valence electrons. The fourth-order valence-electron chi connectivity index (χ4n) is 2.71. The van der Waals surface area contributed by atoms with Crippen LogP contribution in [0.3, 0.4) is 0 Å². The highest BCUT2D eigenvalue weighted by atomic mass is 16.1. The molecular weight excluding hydrogens is 210 g/mol. The lowest BCUT2D eigenvalue weighted by Crippen LogP contribution is -2.17. The van der Waals surface area contributed by atoms with Crippen molar-refractivity contribution in [2.45, 2.75) is 52.4 Å². The number of rotatable bonds is 2. The zero-order valence-electron chi connectivity index (χ0n) is 10.8. The summed E-state index contributed by atoms with van der Waals surface area (Å²) in [6, 6.07) is 2.05. The quantitative estimate of drug-likeness (QED) is 0.571. The summed E-state index contributed by atoms with van der Waals surface area (Å²) in [5.74, 6) is 0.482. The number of hydrogen-bond donors (Lipinski definition) is 0. The lowest BCUT2D eigenvalue weighted by atomic mass is 9.92. The van der Waals surface area contributed by atoms with Crippen LogP contribution in [0.4, 0.5) is 0 Å². The normalized spacial score (nSPS) is 17.8. The molecule has 2 rings (SSSR count). The molecule has 2 nitrogen and oxygen atoms in total. The van der Waals surface area contributed by atoms with E-state index in [0.29, 0.717) is 5.69 Å². The molecule has 1 aromatic heterocycles. The van der Waals surface area contributed by atoms with E-state index in [1.54, 1.807) is 6.20 Å². The predicted molar refractivity (Wildman–Crippen MR) is 69.2 cm³/mol. The van der Waals surface area contributed by atoms with E-state index in [0.717, 1.165) is 24.0 Å². The van der Waals surface area contributed by atoms with Crippen LogP contribution >= 0.6 is 0 Å². The van der Waals surface area contributed by atoms with E-state index >= 15 is 0 Å². The van der Waals surface area contributed by atoms with Crippen LogP contribution in [0.5, 0.6) is 0 Å². The van der Waals surface area contributed by atoms with E-state index in [4.69, 9.17) is 0 Å². The van der Waals surface area contributed by atoms with Crippen LogP contribution in [0.1, 0.15) is 60.1 Å². The summed E-state index contributed by atoms with van der Waals surface area (Å²) >= 11 is 0. The summed E-state index contributed by atoms with van der Waals surface area (Å²) in [7, 11) is 0. The van der Waals surface area contributed by atoms with Crippen LogP contribution in [0.25, 0.3) is 0 Å². The third-order valence-corrected chi connectivity index (χ3v) is 3.67. The van der Waals surface area contributed by atoms with Crippen molar-refractivity contribution in [3.8, 4) is 0 Å². The average molecular weight is 231 g/mol. The molecule has 1 heterocycles. The van der Waals surface area contributed by atoms with Gasteiger partial charge in [0.25, 0.3) is 0 Å². The molecule has 2 heteroatoms. The van der Waals surface area contributed by atoms with Gasteiger partial charge in [-0.25, -0.2) is 0 Å². The molecular formula is C15H21NO. The number of Topliss-reactive ketones (excluding diaryl/α,β-unsaturated/α-hetero) is 1. The molecule has 1 fully saturated rings. The summed E-state index contributed by atoms with van der Waals surface area (Å²) < 4.78 is 0. The van der Waals surface area contributed by atoms with Crippen molar-refractivity contribution in [3.63, 3.8) is 0 Å². The van der Waals surface area contributed by atoms with Gasteiger partial charge < -0.3 is 0 Å². The highest BCUT2D eigenvalue weighted by molar-refractivity contribution is 5.97. The Hall–Kier alpha value is -1.18. The fourth-order valence-corrected chi connectivity index (χ4v) is 2.71. The van der Waals surface area contributed by atoms with E-state index in [1.807, 2.05) is 13.8 Å². The highest BCUT2D eigenvalue weighted by Crippen LogP contribution is 2.26. The minimum atomic E-state index is 0.214. The van der Waals surface area contributed by atoms with E-state index in [2.05, 4.69) is 11.1 Å². The Kier molecular flexibility index (Phi) is 3.93. The SMILES string of the molecule is Cc1cnc(C(=O)C2CCCCCC2)c(C)c1. The number of ketones is 1. The number of aromatic nitrogens is 1. The highest BCUT2D eigenvalue weighted by Gasteiger charge is 2.23. The second-order valence-corrected chi connectivity index (χ2v) is 5.23. The van der Waals surface area contributed by atoms with Gasteiger partial charge in [-0.15, -0.1) is 0 Å². The molecule has 0 amide bonds. The number of carbonyl (C=O) groups excluding carboxylic acids is 1. The van der Waals surface area contributed by atoms with Gasteiger partial charge in [0, 0.05) is 12.1 Å². The first-order valence-electron chi connectivity index (χ1n) is 6.66. The van der Waals surface area contributed by atoms with Crippen molar-refractivity contribution in [2.75, 3.05) is 0 Å². The molecule has 0 aromatic carbocycles. The van der Waals surface area contributed by atoms with E-state index in [1.165, 1.54) is 25.7 Å². The first kappa shape index (κ1) is 12.3. The van der Waals surface area contributed by atoms with Crippen LogP contribution < -0.4 is 0 Å². The van der Waals surface area contributed by atoms with Gasteiger partial charge in [0.05, 0.1) is 0 Å². The van der Waals surface area contributed by atoms with Crippen molar-refractivity contribution in [1.29, 1.82) is 0 Å². The molecule has 0 saturated heterocycles. The number of hydrogen-bond acceptors (Lipinski definition) is 2. The van der Waals surface area contributed by atoms with Crippen molar-refractivity contribution < 1.29 is 4.79 Å². The Balaban J connectivity index is 2.17. The third-order valence-electron chi connectivity index (χ3n) is 3.67. The minimum Gasteiger partial charge on any atom is -0.292 e. The fraction of sp³-hybridized carbons (Fsp3) is 0.600. The Morgan fingerprint density at radius 3 is 2.41 bits per heavy atom. The maximum atomic E-state index is 12.4. The lowest BCUT2D eigenvalue weighted by Gasteiger charge is -2.13. The molecule has 0 N–H and O–H groups in total. The zero-order valence-corrected chi connectivity index (χ0v) is 10.8. The van der Waals surface area contributed by atoms with E-state index < -0.39 is 0 Å². The predicted octanol–water partition coefficient (Wildman–Crippen LogP) is 3.85. The largest absolute Gasteiger partial charge is 0.292 e. The van der Waals surface area contributed by atoms with Gasteiger partial charge in [-0.1, -0.05) is 31.7 Å². The first-order chi connectivity index (χ1) is 8.18. The Labute approximate surface area is 103 Å². The van der Waals surface area contributed by atoms with E-state index in [-0.39, 0.29) is 11.7 Å². The molecule has 0 aliphatic heterocycles. The van der Waals surface area contributed by atoms with Crippen molar-refractivity contribution in [1.82, 2.24) is 4.98 Å². The Morgan fingerprint density at radius 2 is 1.82 bits per heavy atom. The maximum absolute atomic E-state index is 12.4. The molecule has 1 aliphatic carbocycles. The van der Waals surface area contributed by atoms with Crippen molar-refractivity contribution in [2.24, 2.45) is 5.92 Å². The van der Waals surface area contributed by atoms with Crippen LogP contribution in [0, 0.1) is 19.8 Å². The smallest absolute Gasteiger partial charge is 0.184 e. The topological polar surface area (TPSA) is 30.0 Å². The molecule has 1 aliphatic rings. The third kappa shape index (κ3) is 2.93. The van der Waals surface area contributed by atoms with Crippen LogP contribution in [0.2, 0.25) is 0 Å². The number of nitrogens with zero attached hydrogens (tertiary/aromatic N) is 1. The standard InChI is InChI=1S/C15H21NO/c1-11-9-12(2)14(16-10-11)15(17)13-7-5-3-4-6-8-13/h9-10,13H,3-8H2,1-2H3. The number of carbonyl (C=O) groups is 1. The van der Waals surface area contributed by atoms with Gasteiger partial charge in [0.15, 0.2) is 5.78 Å². The minimum absolute atomic E-state index is 0.214. The van der Waals surface area contributed by atoms with Crippen molar-refractivity contribution in [3.05, 3.63) is 29.1 Å². The average Bonchev–Trinajstić information content (AvgIpc) is 2.56. The zero-order chi connectivity index (χ0) is 12.3. The molecule has 0 bridgehead atoms. The number of pyridine rings is 1. The number of aryl methyl sites for hydroxylation is 2.